The van der Waals surface area contributed by atoms with Gasteiger partial charge in [-0.15, -0.1) is 11.3 Å². The molecule has 0 fully saturated rings. The van der Waals surface area contributed by atoms with Crippen molar-refractivity contribution in [3.63, 3.8) is 0 Å². The Bertz CT molecular complexity index is 640. The highest BCUT2D eigenvalue weighted by Gasteiger charge is 2.37. The molecule has 2 heterocycles. The van der Waals surface area contributed by atoms with Gasteiger partial charge in [-0.1, -0.05) is 6.07 Å². The number of nitrogens with zero attached hydrogens (tertiary/aromatic N) is 1. The van der Waals surface area contributed by atoms with E-state index in [1.54, 1.807) is 0 Å². The molecule has 110 valence electrons. The minimum absolute atomic E-state index is 0.0180. The number of esters is 1. The number of methoxy groups -OCH3 is 2. The molecule has 1 atom stereocenters. The Morgan fingerprint density at radius 2 is 2.33 bits per heavy atom. The van der Waals surface area contributed by atoms with Gasteiger partial charge in [0, 0.05) is 12.0 Å². The molecule has 0 radical (unpaired) electrons. The van der Waals surface area contributed by atoms with E-state index < -0.39 is 11.9 Å². The van der Waals surface area contributed by atoms with Crippen LogP contribution < -0.4 is 5.73 Å². The summed E-state index contributed by atoms with van der Waals surface area (Å²) in [6.45, 7) is 0.0612. The van der Waals surface area contributed by atoms with Crippen LogP contribution in [0.4, 0.5) is 0 Å². The smallest absolute Gasteiger partial charge is 0.338 e. The van der Waals surface area contributed by atoms with Crippen molar-refractivity contribution in [2.45, 2.75) is 5.92 Å². The number of carbonyl (C=O) groups is 1. The van der Waals surface area contributed by atoms with Crippen LogP contribution in [-0.4, -0.2) is 26.8 Å². The Morgan fingerprint density at radius 3 is 2.86 bits per heavy atom. The molecule has 1 aliphatic heterocycles. The summed E-state index contributed by atoms with van der Waals surface area (Å²) in [7, 11) is 2.75. The first kappa shape index (κ1) is 15.1. The molecule has 0 saturated heterocycles. The Hall–Kier alpha value is -2.30. The fourth-order valence-electron chi connectivity index (χ4n) is 2.13. The zero-order chi connectivity index (χ0) is 15.4. The predicted molar refractivity (Wildman–Crippen MR) is 75.9 cm³/mol. The van der Waals surface area contributed by atoms with Crippen LogP contribution in [0.3, 0.4) is 0 Å². The summed E-state index contributed by atoms with van der Waals surface area (Å²) in [5.41, 5.74) is 6.24. The van der Waals surface area contributed by atoms with E-state index in [1.165, 1.54) is 25.6 Å². The SMILES string of the molecule is COCC1=C(C(=O)OC)C(c2cccs2)C(C#N)=C(N)O1. The number of ether oxygens (including phenoxy) is 3. The van der Waals surface area contributed by atoms with Gasteiger partial charge in [-0.25, -0.2) is 4.79 Å². The van der Waals surface area contributed by atoms with Crippen LogP contribution in [0.15, 0.2) is 40.3 Å². The van der Waals surface area contributed by atoms with E-state index in [-0.39, 0.29) is 29.4 Å². The van der Waals surface area contributed by atoms with Crippen molar-refractivity contribution in [2.24, 2.45) is 5.73 Å². The molecule has 0 amide bonds. The third-order valence-electron chi connectivity index (χ3n) is 3.01. The van der Waals surface area contributed by atoms with Gasteiger partial charge in [0.05, 0.1) is 18.6 Å². The van der Waals surface area contributed by atoms with Gasteiger partial charge in [0.2, 0.25) is 5.88 Å². The summed E-state index contributed by atoms with van der Waals surface area (Å²) in [6, 6.07) is 5.69. The van der Waals surface area contributed by atoms with E-state index >= 15 is 0 Å². The molecule has 6 nitrogen and oxygen atoms in total. The monoisotopic (exact) mass is 306 g/mol. The maximum absolute atomic E-state index is 12.1. The highest BCUT2D eigenvalue weighted by Crippen LogP contribution is 2.41. The van der Waals surface area contributed by atoms with Crippen LogP contribution in [0.1, 0.15) is 10.8 Å². The maximum Gasteiger partial charge on any atom is 0.338 e. The van der Waals surface area contributed by atoms with E-state index in [4.69, 9.17) is 19.9 Å². The average Bonchev–Trinajstić information content (AvgIpc) is 3.00. The molecular formula is C14H14N2O4S. The number of hydrogen-bond acceptors (Lipinski definition) is 7. The Labute approximate surface area is 126 Å². The zero-order valence-corrected chi connectivity index (χ0v) is 12.4. The van der Waals surface area contributed by atoms with Crippen LogP contribution in [0, 0.1) is 11.3 Å². The molecule has 2 rings (SSSR count). The van der Waals surface area contributed by atoms with Crippen LogP contribution in [0.5, 0.6) is 0 Å². The molecule has 0 aliphatic carbocycles. The largest absolute Gasteiger partial charge is 0.466 e. The van der Waals surface area contributed by atoms with E-state index in [2.05, 4.69) is 0 Å². The molecule has 0 aromatic carbocycles. The molecule has 0 saturated carbocycles. The Balaban J connectivity index is 2.62. The van der Waals surface area contributed by atoms with Crippen molar-refractivity contribution in [1.29, 1.82) is 5.26 Å². The molecule has 0 bridgehead atoms. The van der Waals surface area contributed by atoms with E-state index in [0.717, 1.165) is 4.88 Å². The van der Waals surface area contributed by atoms with Gasteiger partial charge in [-0.3, -0.25) is 0 Å². The molecule has 1 unspecified atom stereocenters. The lowest BCUT2D eigenvalue weighted by Crippen LogP contribution is -2.26. The van der Waals surface area contributed by atoms with E-state index in [9.17, 15) is 10.1 Å². The average molecular weight is 306 g/mol. The second-order valence-electron chi connectivity index (χ2n) is 4.20. The number of thiophene rings is 1. The molecule has 1 aliphatic rings. The molecule has 7 heteroatoms. The maximum atomic E-state index is 12.1. The lowest BCUT2D eigenvalue weighted by atomic mass is 9.87. The second kappa shape index (κ2) is 6.43. The van der Waals surface area contributed by atoms with Gasteiger partial charge in [0.1, 0.15) is 24.0 Å². The third-order valence-corrected chi connectivity index (χ3v) is 3.94. The van der Waals surface area contributed by atoms with Gasteiger partial charge in [-0.2, -0.15) is 5.26 Å². The van der Waals surface area contributed by atoms with Crippen molar-refractivity contribution in [3.8, 4) is 6.07 Å². The molecule has 1 aromatic rings. The fourth-order valence-corrected chi connectivity index (χ4v) is 2.97. The lowest BCUT2D eigenvalue weighted by molar-refractivity contribution is -0.136. The molecule has 21 heavy (non-hydrogen) atoms. The number of hydrogen-bond donors (Lipinski definition) is 1. The molecular weight excluding hydrogens is 292 g/mol. The summed E-state index contributed by atoms with van der Waals surface area (Å²) in [5.74, 6) is -0.920. The molecule has 2 N–H and O–H groups in total. The Kier molecular flexibility index (Phi) is 4.62. The van der Waals surface area contributed by atoms with E-state index in [0.29, 0.717) is 0 Å². The van der Waals surface area contributed by atoms with Crippen LogP contribution in [-0.2, 0) is 19.0 Å². The Morgan fingerprint density at radius 1 is 1.57 bits per heavy atom. The first-order chi connectivity index (χ1) is 10.1. The van der Waals surface area contributed by atoms with Crippen molar-refractivity contribution in [3.05, 3.63) is 45.2 Å². The molecule has 1 aromatic heterocycles. The predicted octanol–water partition coefficient (Wildman–Crippen LogP) is 1.63. The summed E-state index contributed by atoms with van der Waals surface area (Å²) in [4.78, 5) is 13.0. The van der Waals surface area contributed by atoms with Crippen molar-refractivity contribution in [1.82, 2.24) is 0 Å². The van der Waals surface area contributed by atoms with Gasteiger partial charge >= 0.3 is 5.97 Å². The van der Waals surface area contributed by atoms with Gasteiger partial charge in [-0.05, 0) is 11.4 Å². The topological polar surface area (TPSA) is 94.6 Å². The number of nitriles is 1. The summed E-state index contributed by atoms with van der Waals surface area (Å²) >= 11 is 1.42. The van der Waals surface area contributed by atoms with Gasteiger partial charge in [0.25, 0.3) is 0 Å². The summed E-state index contributed by atoms with van der Waals surface area (Å²) < 4.78 is 15.3. The van der Waals surface area contributed by atoms with Crippen molar-refractivity contribution < 1.29 is 19.0 Å². The highest BCUT2D eigenvalue weighted by atomic mass is 32.1. The highest BCUT2D eigenvalue weighted by molar-refractivity contribution is 7.10. The summed E-state index contributed by atoms with van der Waals surface area (Å²) in [6.07, 6.45) is 0. The lowest BCUT2D eigenvalue weighted by Gasteiger charge is -2.26. The zero-order valence-electron chi connectivity index (χ0n) is 11.6. The number of rotatable bonds is 4. The first-order valence-corrected chi connectivity index (χ1v) is 6.93. The van der Waals surface area contributed by atoms with Crippen molar-refractivity contribution >= 4 is 17.3 Å². The minimum Gasteiger partial charge on any atom is -0.466 e. The number of carbonyl (C=O) groups excluding carboxylic acids is 1. The summed E-state index contributed by atoms with van der Waals surface area (Å²) in [5, 5.41) is 11.2. The quantitative estimate of drug-likeness (QED) is 0.850. The fraction of sp³-hybridized carbons (Fsp3) is 0.286. The molecule has 0 spiro atoms. The second-order valence-corrected chi connectivity index (χ2v) is 5.18. The van der Waals surface area contributed by atoms with E-state index in [1.807, 2.05) is 23.6 Å². The van der Waals surface area contributed by atoms with Crippen molar-refractivity contribution in [2.75, 3.05) is 20.8 Å². The normalized spacial score (nSPS) is 18.2. The number of allylic oxidation sites excluding steroid dienone is 1. The van der Waals surface area contributed by atoms with Gasteiger partial charge < -0.3 is 19.9 Å². The van der Waals surface area contributed by atoms with Gasteiger partial charge in [0.15, 0.2) is 0 Å². The van der Waals surface area contributed by atoms with Crippen LogP contribution >= 0.6 is 11.3 Å². The minimum atomic E-state index is -0.596. The standard InChI is InChI=1S/C14H14N2O4S/c1-18-7-9-12(14(17)19-2)11(10-4-3-5-21-10)8(6-15)13(16)20-9/h3-5,11H,7,16H2,1-2H3. The van der Waals surface area contributed by atoms with Crippen LogP contribution in [0.2, 0.25) is 0 Å². The number of nitrogens with two attached hydrogens (primary N) is 1. The van der Waals surface area contributed by atoms with Crippen LogP contribution in [0.25, 0.3) is 0 Å². The first-order valence-electron chi connectivity index (χ1n) is 6.05. The third kappa shape index (κ3) is 2.77.